The third kappa shape index (κ3) is 4.35. The summed E-state index contributed by atoms with van der Waals surface area (Å²) >= 11 is 4.43. The van der Waals surface area contributed by atoms with Crippen molar-refractivity contribution in [2.24, 2.45) is 11.7 Å². The van der Waals surface area contributed by atoms with Gasteiger partial charge in [0.25, 0.3) is 0 Å². The van der Waals surface area contributed by atoms with Gasteiger partial charge in [-0.1, -0.05) is 22.0 Å². The maximum atomic E-state index is 12.4. The molecule has 2 N–H and O–H groups in total. The van der Waals surface area contributed by atoms with Crippen LogP contribution in [0.2, 0.25) is 0 Å². The van der Waals surface area contributed by atoms with Crippen molar-refractivity contribution in [3.63, 3.8) is 0 Å². The third-order valence-corrected chi connectivity index (χ3v) is 3.64. The summed E-state index contributed by atoms with van der Waals surface area (Å²) < 4.78 is 38.1. The molecule has 0 fully saturated rings. The minimum atomic E-state index is -4.21. The van der Waals surface area contributed by atoms with Gasteiger partial charge in [0, 0.05) is 21.7 Å². The van der Waals surface area contributed by atoms with E-state index in [9.17, 15) is 13.2 Å². The van der Waals surface area contributed by atoms with Gasteiger partial charge in [-0.05, 0) is 18.2 Å². The van der Waals surface area contributed by atoms with Crippen LogP contribution in [0.5, 0.6) is 0 Å². The van der Waals surface area contributed by atoms with Crippen LogP contribution in [0.25, 0.3) is 0 Å². The summed E-state index contributed by atoms with van der Waals surface area (Å²) in [6.45, 7) is -0.371. The number of nitrogens with two attached hydrogens (primary N) is 1. The lowest BCUT2D eigenvalue weighted by atomic mass is 10.2. The second kappa shape index (κ2) is 5.93. The zero-order valence-corrected chi connectivity index (χ0v) is 10.7. The van der Waals surface area contributed by atoms with E-state index in [0.29, 0.717) is 0 Å². The number of hydrogen-bond donors (Lipinski definition) is 1. The van der Waals surface area contributed by atoms with Gasteiger partial charge in [0.2, 0.25) is 0 Å². The maximum Gasteiger partial charge on any atom is 0.393 e. The Bertz CT molecular complexity index is 343. The van der Waals surface area contributed by atoms with E-state index in [1.807, 2.05) is 6.07 Å². The monoisotopic (exact) mass is 313 g/mol. The Morgan fingerprint density at radius 3 is 2.56 bits per heavy atom. The first kappa shape index (κ1) is 13.9. The lowest BCUT2D eigenvalue weighted by Gasteiger charge is -2.17. The van der Waals surface area contributed by atoms with E-state index >= 15 is 0 Å². The molecule has 0 radical (unpaired) electrons. The topological polar surface area (TPSA) is 26.0 Å². The van der Waals surface area contributed by atoms with E-state index in [4.69, 9.17) is 5.73 Å². The Kier molecular flexibility index (Phi) is 5.14. The van der Waals surface area contributed by atoms with Crippen LogP contribution in [0, 0.1) is 5.92 Å². The van der Waals surface area contributed by atoms with Crippen molar-refractivity contribution in [1.29, 1.82) is 0 Å². The van der Waals surface area contributed by atoms with Crippen molar-refractivity contribution < 1.29 is 13.2 Å². The average Bonchev–Trinajstić information content (AvgIpc) is 2.16. The number of rotatable bonds is 4. The molecule has 0 saturated heterocycles. The van der Waals surface area contributed by atoms with E-state index < -0.39 is 12.1 Å². The third-order valence-electron chi connectivity index (χ3n) is 1.99. The first-order chi connectivity index (χ1) is 7.43. The molecule has 1 nitrogen and oxygen atoms in total. The van der Waals surface area contributed by atoms with Gasteiger partial charge in [-0.25, -0.2) is 0 Å². The van der Waals surface area contributed by atoms with Crippen LogP contribution in [0.1, 0.15) is 0 Å². The van der Waals surface area contributed by atoms with E-state index in [-0.39, 0.29) is 12.3 Å². The van der Waals surface area contributed by atoms with Gasteiger partial charge in [-0.2, -0.15) is 13.2 Å². The Labute approximate surface area is 105 Å². The second-order valence-corrected chi connectivity index (χ2v) is 5.25. The van der Waals surface area contributed by atoms with Crippen molar-refractivity contribution in [3.8, 4) is 0 Å². The molecule has 0 bridgehead atoms. The molecule has 6 heteroatoms. The van der Waals surface area contributed by atoms with Crippen LogP contribution in [0.4, 0.5) is 13.2 Å². The number of hydrogen-bond acceptors (Lipinski definition) is 2. The smallest absolute Gasteiger partial charge is 0.330 e. The standard InChI is InChI=1S/C10H11BrF3NS/c11-8-2-1-3-9(4-8)16-6-7(5-15)10(12,13)14/h1-4,7H,5-6,15H2. The quantitative estimate of drug-likeness (QED) is 0.858. The fourth-order valence-electron chi connectivity index (χ4n) is 1.05. The number of thioether (sulfide) groups is 1. The molecule has 1 unspecified atom stereocenters. The fourth-order valence-corrected chi connectivity index (χ4v) is 2.70. The van der Waals surface area contributed by atoms with Crippen molar-refractivity contribution in [3.05, 3.63) is 28.7 Å². The molecule has 0 aliphatic heterocycles. The van der Waals surface area contributed by atoms with Gasteiger partial charge in [-0.15, -0.1) is 11.8 Å². The average molecular weight is 314 g/mol. The van der Waals surface area contributed by atoms with E-state index in [1.165, 1.54) is 0 Å². The molecule has 0 aromatic heterocycles. The molecular formula is C10H11BrF3NS. The highest BCUT2D eigenvalue weighted by Gasteiger charge is 2.38. The maximum absolute atomic E-state index is 12.4. The van der Waals surface area contributed by atoms with Crippen molar-refractivity contribution in [2.75, 3.05) is 12.3 Å². The lowest BCUT2D eigenvalue weighted by Crippen LogP contribution is -2.32. The van der Waals surface area contributed by atoms with E-state index in [2.05, 4.69) is 15.9 Å². The zero-order chi connectivity index (χ0) is 12.2. The minimum Gasteiger partial charge on any atom is -0.330 e. The van der Waals surface area contributed by atoms with Gasteiger partial charge in [0.05, 0.1) is 5.92 Å². The minimum absolute atomic E-state index is 0.0452. The predicted molar refractivity (Wildman–Crippen MR) is 63.5 cm³/mol. The SMILES string of the molecule is NCC(CSc1cccc(Br)c1)C(F)(F)F. The summed E-state index contributed by atoms with van der Waals surface area (Å²) in [5.74, 6) is -1.49. The number of alkyl halides is 3. The van der Waals surface area contributed by atoms with Crippen LogP contribution in [0.15, 0.2) is 33.6 Å². The van der Waals surface area contributed by atoms with E-state index in [0.717, 1.165) is 21.1 Å². The number of halogens is 4. The summed E-state index contributed by atoms with van der Waals surface area (Å²) in [5, 5.41) is 0. The molecule has 90 valence electrons. The van der Waals surface area contributed by atoms with Crippen molar-refractivity contribution >= 4 is 27.7 Å². The van der Waals surface area contributed by atoms with Gasteiger partial charge >= 0.3 is 6.18 Å². The second-order valence-electron chi connectivity index (χ2n) is 3.24. The van der Waals surface area contributed by atoms with Crippen LogP contribution in [-0.4, -0.2) is 18.5 Å². The van der Waals surface area contributed by atoms with Crippen LogP contribution in [0.3, 0.4) is 0 Å². The molecule has 0 saturated carbocycles. The molecule has 1 rings (SSSR count). The first-order valence-corrected chi connectivity index (χ1v) is 6.36. The summed E-state index contributed by atoms with van der Waals surface area (Å²) in [6.07, 6.45) is -4.21. The zero-order valence-electron chi connectivity index (χ0n) is 8.30. The Balaban J connectivity index is 2.56. The molecule has 0 heterocycles. The molecule has 1 aromatic carbocycles. The summed E-state index contributed by atoms with van der Waals surface area (Å²) in [5.41, 5.74) is 5.11. The van der Waals surface area contributed by atoms with E-state index in [1.54, 1.807) is 18.2 Å². The molecule has 1 atom stereocenters. The largest absolute Gasteiger partial charge is 0.393 e. The molecule has 0 amide bonds. The number of benzene rings is 1. The van der Waals surface area contributed by atoms with Gasteiger partial charge in [-0.3, -0.25) is 0 Å². The lowest BCUT2D eigenvalue weighted by molar-refractivity contribution is -0.165. The summed E-state index contributed by atoms with van der Waals surface area (Å²) in [7, 11) is 0. The molecule has 1 aromatic rings. The molecule has 0 spiro atoms. The highest BCUT2D eigenvalue weighted by atomic mass is 79.9. The first-order valence-electron chi connectivity index (χ1n) is 4.58. The Morgan fingerprint density at radius 2 is 2.06 bits per heavy atom. The summed E-state index contributed by atoms with van der Waals surface area (Å²) in [4.78, 5) is 0.803. The van der Waals surface area contributed by atoms with Crippen molar-refractivity contribution in [1.82, 2.24) is 0 Å². The van der Waals surface area contributed by atoms with Gasteiger partial charge in [0.1, 0.15) is 0 Å². The fraction of sp³-hybridized carbons (Fsp3) is 0.400. The van der Waals surface area contributed by atoms with Crippen LogP contribution >= 0.6 is 27.7 Å². The highest BCUT2D eigenvalue weighted by Crippen LogP contribution is 2.31. The van der Waals surface area contributed by atoms with Crippen LogP contribution < -0.4 is 5.73 Å². The van der Waals surface area contributed by atoms with Crippen molar-refractivity contribution in [2.45, 2.75) is 11.1 Å². The summed E-state index contributed by atoms with van der Waals surface area (Å²) in [6, 6.07) is 7.18. The Morgan fingerprint density at radius 1 is 1.38 bits per heavy atom. The molecule has 16 heavy (non-hydrogen) atoms. The normalized spacial score (nSPS) is 13.8. The molecular weight excluding hydrogens is 303 g/mol. The Hall–Kier alpha value is -0.200. The molecule has 0 aliphatic rings. The predicted octanol–water partition coefficient (Wildman–Crippen LogP) is 3.68. The highest BCUT2D eigenvalue weighted by molar-refractivity contribution is 9.10. The van der Waals surface area contributed by atoms with Gasteiger partial charge in [0.15, 0.2) is 0 Å². The van der Waals surface area contributed by atoms with Gasteiger partial charge < -0.3 is 5.73 Å². The molecule has 0 aliphatic carbocycles. The van der Waals surface area contributed by atoms with Crippen LogP contribution in [-0.2, 0) is 0 Å².